The molecule has 1 aromatic rings. The van der Waals surface area contributed by atoms with E-state index in [-0.39, 0.29) is 12.5 Å². The second-order valence-electron chi connectivity index (χ2n) is 2.77. The molecule has 1 atom stereocenters. The topological polar surface area (TPSA) is 78.9 Å². The molecule has 1 heterocycles. The lowest BCUT2D eigenvalue weighted by Gasteiger charge is -2.08. The molecule has 0 unspecified atom stereocenters. The van der Waals surface area contributed by atoms with Crippen LogP contribution in [0, 0.1) is 11.3 Å². The number of nitriles is 1. The Morgan fingerprint density at radius 1 is 1.79 bits per heavy atom. The van der Waals surface area contributed by atoms with Crippen LogP contribution in [0.25, 0.3) is 0 Å². The largest absolute Gasteiger partial charge is 0.342 e. The second-order valence-corrected chi connectivity index (χ2v) is 3.80. The maximum absolute atomic E-state index is 11.2. The summed E-state index contributed by atoms with van der Waals surface area (Å²) < 4.78 is 0. The summed E-state index contributed by atoms with van der Waals surface area (Å²) in [5.41, 5.74) is 5.63. The molecule has 0 radical (unpaired) electrons. The average Bonchev–Trinajstić information content (AvgIpc) is 2.66. The van der Waals surface area contributed by atoms with E-state index in [1.807, 2.05) is 23.6 Å². The summed E-state index contributed by atoms with van der Waals surface area (Å²) >= 11 is 1.57. The Balaban J connectivity index is 2.39. The van der Waals surface area contributed by atoms with E-state index in [0.29, 0.717) is 6.42 Å². The van der Waals surface area contributed by atoms with Gasteiger partial charge in [0.25, 0.3) is 0 Å². The number of carbonyl (C=O) groups excluding carboxylic acids is 1. The minimum absolute atomic E-state index is 0.0109. The van der Waals surface area contributed by atoms with Gasteiger partial charge in [0.2, 0.25) is 5.91 Å². The summed E-state index contributed by atoms with van der Waals surface area (Å²) in [5, 5.41) is 12.6. The first-order valence-corrected chi connectivity index (χ1v) is 5.04. The smallest absolute Gasteiger partial charge is 0.238 e. The number of thiophene rings is 1. The molecule has 0 fully saturated rings. The zero-order valence-electron chi connectivity index (χ0n) is 7.56. The van der Waals surface area contributed by atoms with E-state index >= 15 is 0 Å². The monoisotopic (exact) mass is 209 g/mol. The molecule has 0 aromatic carbocycles. The summed E-state index contributed by atoms with van der Waals surface area (Å²) in [5.74, 6) is -0.278. The Labute approximate surface area is 86.3 Å². The Kier molecular flexibility index (Phi) is 4.11. The van der Waals surface area contributed by atoms with Crippen LogP contribution in [-0.2, 0) is 11.2 Å². The van der Waals surface area contributed by atoms with E-state index in [4.69, 9.17) is 11.0 Å². The van der Waals surface area contributed by atoms with Crippen molar-refractivity contribution in [2.45, 2.75) is 12.5 Å². The normalized spacial score (nSPS) is 11.7. The van der Waals surface area contributed by atoms with Crippen LogP contribution in [0.15, 0.2) is 17.5 Å². The first-order chi connectivity index (χ1) is 6.74. The van der Waals surface area contributed by atoms with Crippen molar-refractivity contribution in [3.63, 3.8) is 0 Å². The van der Waals surface area contributed by atoms with Crippen LogP contribution in [0.5, 0.6) is 0 Å². The predicted octanol–water partition coefficient (Wildman–Crippen LogP) is 0.258. The molecule has 5 heteroatoms. The predicted molar refractivity (Wildman–Crippen MR) is 54.6 cm³/mol. The van der Waals surface area contributed by atoms with Gasteiger partial charge in [-0.25, -0.2) is 0 Å². The lowest BCUT2D eigenvalue weighted by atomic mass is 10.2. The Morgan fingerprint density at radius 3 is 3.14 bits per heavy atom. The zero-order valence-corrected chi connectivity index (χ0v) is 8.38. The van der Waals surface area contributed by atoms with Crippen LogP contribution in [0.2, 0.25) is 0 Å². The first-order valence-electron chi connectivity index (χ1n) is 4.16. The molecule has 3 N–H and O–H groups in total. The standard InChI is InChI=1S/C9H11N3OS/c10-3-4-12-9(13)8(11)6-7-2-1-5-14-7/h1-2,5,8H,4,6,11H2,(H,12,13)/t8-/m0/s1. The molecule has 14 heavy (non-hydrogen) atoms. The van der Waals surface area contributed by atoms with E-state index in [0.717, 1.165) is 4.88 Å². The van der Waals surface area contributed by atoms with Gasteiger partial charge in [-0.1, -0.05) is 6.07 Å². The molecule has 0 saturated carbocycles. The van der Waals surface area contributed by atoms with Crippen LogP contribution >= 0.6 is 11.3 Å². The number of hydrogen-bond acceptors (Lipinski definition) is 4. The highest BCUT2D eigenvalue weighted by Crippen LogP contribution is 2.10. The molecule has 1 aromatic heterocycles. The molecular weight excluding hydrogens is 198 g/mol. The van der Waals surface area contributed by atoms with Crippen LogP contribution in [0.1, 0.15) is 4.88 Å². The highest BCUT2D eigenvalue weighted by atomic mass is 32.1. The number of amides is 1. The molecule has 0 saturated heterocycles. The van der Waals surface area contributed by atoms with Gasteiger partial charge in [-0.3, -0.25) is 4.79 Å². The summed E-state index contributed by atoms with van der Waals surface area (Å²) in [6.07, 6.45) is 0.523. The molecule has 0 spiro atoms. The number of carbonyl (C=O) groups is 1. The zero-order chi connectivity index (χ0) is 10.4. The Bertz CT molecular complexity index is 328. The second kappa shape index (κ2) is 5.37. The van der Waals surface area contributed by atoms with Gasteiger partial charge in [-0.05, 0) is 11.4 Å². The van der Waals surface area contributed by atoms with Gasteiger partial charge in [-0.2, -0.15) is 5.26 Å². The molecule has 4 nitrogen and oxygen atoms in total. The summed E-state index contributed by atoms with van der Waals surface area (Å²) in [6, 6.07) is 5.11. The minimum Gasteiger partial charge on any atom is -0.342 e. The quantitative estimate of drug-likeness (QED) is 0.698. The SMILES string of the molecule is N#CCNC(=O)[C@@H](N)Cc1cccs1. The fourth-order valence-corrected chi connectivity index (χ4v) is 1.76. The van der Waals surface area contributed by atoms with E-state index in [9.17, 15) is 4.79 Å². The number of nitrogens with zero attached hydrogens (tertiary/aromatic N) is 1. The molecule has 0 bridgehead atoms. The van der Waals surface area contributed by atoms with Gasteiger partial charge in [0.05, 0.1) is 12.1 Å². The average molecular weight is 209 g/mol. The molecule has 0 aliphatic carbocycles. The fraction of sp³-hybridized carbons (Fsp3) is 0.333. The maximum atomic E-state index is 11.2. The summed E-state index contributed by atoms with van der Waals surface area (Å²) in [7, 11) is 0. The highest BCUT2D eigenvalue weighted by Gasteiger charge is 2.13. The van der Waals surface area contributed by atoms with Crippen molar-refractivity contribution in [2.24, 2.45) is 5.73 Å². The van der Waals surface area contributed by atoms with Gasteiger partial charge in [0.15, 0.2) is 0 Å². The van der Waals surface area contributed by atoms with Crippen molar-refractivity contribution in [1.82, 2.24) is 5.32 Å². The third-order valence-corrected chi connectivity index (χ3v) is 2.58. The fourth-order valence-electron chi connectivity index (χ4n) is 0.996. The summed E-state index contributed by atoms with van der Waals surface area (Å²) in [6.45, 7) is 0.0109. The van der Waals surface area contributed by atoms with Crippen molar-refractivity contribution in [3.8, 4) is 6.07 Å². The third-order valence-electron chi connectivity index (χ3n) is 1.68. The molecule has 1 rings (SSSR count). The van der Waals surface area contributed by atoms with Crippen LogP contribution < -0.4 is 11.1 Å². The van der Waals surface area contributed by atoms with Crippen molar-refractivity contribution in [1.29, 1.82) is 5.26 Å². The lowest BCUT2D eigenvalue weighted by Crippen LogP contribution is -2.41. The molecular formula is C9H11N3OS. The van der Waals surface area contributed by atoms with E-state index in [1.165, 1.54) is 0 Å². The Hall–Kier alpha value is -1.38. The van der Waals surface area contributed by atoms with Crippen LogP contribution in [0.4, 0.5) is 0 Å². The number of nitrogens with one attached hydrogen (secondary N) is 1. The van der Waals surface area contributed by atoms with Gasteiger partial charge in [0, 0.05) is 11.3 Å². The van der Waals surface area contributed by atoms with Crippen molar-refractivity contribution in [2.75, 3.05) is 6.54 Å². The van der Waals surface area contributed by atoms with Crippen molar-refractivity contribution in [3.05, 3.63) is 22.4 Å². The van der Waals surface area contributed by atoms with Gasteiger partial charge in [0.1, 0.15) is 6.54 Å². The van der Waals surface area contributed by atoms with Crippen molar-refractivity contribution < 1.29 is 4.79 Å². The number of hydrogen-bond donors (Lipinski definition) is 2. The van der Waals surface area contributed by atoms with Gasteiger partial charge in [-0.15, -0.1) is 11.3 Å². The highest BCUT2D eigenvalue weighted by molar-refractivity contribution is 7.09. The van der Waals surface area contributed by atoms with E-state index < -0.39 is 6.04 Å². The molecule has 1 amide bonds. The van der Waals surface area contributed by atoms with E-state index in [1.54, 1.807) is 11.3 Å². The third kappa shape index (κ3) is 3.17. The lowest BCUT2D eigenvalue weighted by molar-refractivity contribution is -0.122. The minimum atomic E-state index is -0.568. The van der Waals surface area contributed by atoms with Gasteiger partial charge < -0.3 is 11.1 Å². The van der Waals surface area contributed by atoms with Crippen molar-refractivity contribution >= 4 is 17.2 Å². The van der Waals surface area contributed by atoms with Crippen LogP contribution in [0.3, 0.4) is 0 Å². The maximum Gasteiger partial charge on any atom is 0.238 e. The van der Waals surface area contributed by atoms with Gasteiger partial charge >= 0.3 is 0 Å². The Morgan fingerprint density at radius 2 is 2.57 bits per heavy atom. The molecule has 0 aliphatic heterocycles. The number of rotatable bonds is 4. The molecule has 74 valence electrons. The number of nitrogens with two attached hydrogens (primary N) is 1. The first kappa shape index (κ1) is 10.7. The summed E-state index contributed by atoms with van der Waals surface area (Å²) in [4.78, 5) is 12.3. The molecule has 0 aliphatic rings. The van der Waals surface area contributed by atoms with E-state index in [2.05, 4.69) is 5.32 Å². The van der Waals surface area contributed by atoms with Crippen LogP contribution in [-0.4, -0.2) is 18.5 Å².